The van der Waals surface area contributed by atoms with Crippen LogP contribution in [0.1, 0.15) is 65.7 Å². The smallest absolute Gasteiger partial charge is 0.303 e. The van der Waals surface area contributed by atoms with Crippen molar-refractivity contribution in [2.75, 3.05) is 7.05 Å². The van der Waals surface area contributed by atoms with Crippen molar-refractivity contribution in [3.05, 3.63) is 0 Å². The van der Waals surface area contributed by atoms with Crippen molar-refractivity contribution in [2.45, 2.75) is 65.7 Å². The Morgan fingerprint density at radius 1 is 1.19 bits per heavy atom. The SMILES string of the molecule is CC.CC1(CCC(=O)O)CCCCC1.CN. The van der Waals surface area contributed by atoms with Gasteiger partial charge in [0, 0.05) is 6.42 Å². The first-order valence-electron chi connectivity index (χ1n) is 6.42. The van der Waals surface area contributed by atoms with Gasteiger partial charge in [-0.3, -0.25) is 4.79 Å². The maximum atomic E-state index is 10.4. The van der Waals surface area contributed by atoms with Crippen molar-refractivity contribution < 1.29 is 9.90 Å². The van der Waals surface area contributed by atoms with E-state index in [0.717, 1.165) is 6.42 Å². The summed E-state index contributed by atoms with van der Waals surface area (Å²) >= 11 is 0. The third-order valence-corrected chi connectivity index (χ3v) is 3.00. The summed E-state index contributed by atoms with van der Waals surface area (Å²) in [4.78, 5) is 10.4. The highest BCUT2D eigenvalue weighted by Gasteiger charge is 2.26. The van der Waals surface area contributed by atoms with Crippen molar-refractivity contribution in [2.24, 2.45) is 11.1 Å². The molecule has 0 heterocycles. The summed E-state index contributed by atoms with van der Waals surface area (Å²) in [5.41, 5.74) is 4.83. The molecule has 98 valence electrons. The minimum absolute atomic E-state index is 0.330. The van der Waals surface area contributed by atoms with Gasteiger partial charge < -0.3 is 10.8 Å². The molecule has 0 aromatic carbocycles. The summed E-state index contributed by atoms with van der Waals surface area (Å²) in [7, 11) is 1.50. The number of carbonyl (C=O) groups is 1. The van der Waals surface area contributed by atoms with E-state index in [1.54, 1.807) is 0 Å². The maximum absolute atomic E-state index is 10.4. The zero-order chi connectivity index (χ0) is 13.0. The summed E-state index contributed by atoms with van der Waals surface area (Å²) in [6.45, 7) is 6.23. The van der Waals surface area contributed by atoms with Crippen LogP contribution in [0, 0.1) is 5.41 Å². The Kier molecular flexibility index (Phi) is 12.2. The first kappa shape index (κ1) is 17.8. The molecule has 1 aliphatic carbocycles. The minimum Gasteiger partial charge on any atom is -0.481 e. The topological polar surface area (TPSA) is 63.3 Å². The average molecular weight is 231 g/mol. The van der Waals surface area contributed by atoms with Gasteiger partial charge in [0.25, 0.3) is 0 Å². The molecule has 0 aliphatic heterocycles. The molecule has 1 rings (SSSR count). The van der Waals surface area contributed by atoms with E-state index in [1.165, 1.54) is 39.2 Å². The Morgan fingerprint density at radius 2 is 1.62 bits per heavy atom. The van der Waals surface area contributed by atoms with E-state index in [9.17, 15) is 4.79 Å². The van der Waals surface area contributed by atoms with Crippen LogP contribution in [0.2, 0.25) is 0 Å². The van der Waals surface area contributed by atoms with E-state index >= 15 is 0 Å². The molecule has 1 saturated carbocycles. The maximum Gasteiger partial charge on any atom is 0.303 e. The lowest BCUT2D eigenvalue weighted by atomic mass is 9.73. The van der Waals surface area contributed by atoms with Gasteiger partial charge in [-0.15, -0.1) is 0 Å². The summed E-state index contributed by atoms with van der Waals surface area (Å²) in [5.74, 6) is -0.651. The summed E-state index contributed by atoms with van der Waals surface area (Å²) < 4.78 is 0. The highest BCUT2D eigenvalue weighted by atomic mass is 16.4. The van der Waals surface area contributed by atoms with Gasteiger partial charge in [-0.2, -0.15) is 0 Å². The molecular weight excluding hydrogens is 202 g/mol. The third-order valence-electron chi connectivity index (χ3n) is 3.00. The van der Waals surface area contributed by atoms with Gasteiger partial charge in [0.2, 0.25) is 0 Å². The van der Waals surface area contributed by atoms with E-state index < -0.39 is 5.97 Å². The quantitative estimate of drug-likeness (QED) is 0.782. The summed E-state index contributed by atoms with van der Waals surface area (Å²) in [6.07, 6.45) is 7.56. The largest absolute Gasteiger partial charge is 0.481 e. The molecule has 0 unspecified atom stereocenters. The number of rotatable bonds is 3. The van der Waals surface area contributed by atoms with Gasteiger partial charge in [-0.25, -0.2) is 0 Å². The van der Waals surface area contributed by atoms with Crippen LogP contribution < -0.4 is 5.73 Å². The molecule has 1 fully saturated rings. The van der Waals surface area contributed by atoms with E-state index in [2.05, 4.69) is 12.7 Å². The van der Waals surface area contributed by atoms with E-state index in [1.807, 2.05) is 13.8 Å². The van der Waals surface area contributed by atoms with Gasteiger partial charge in [0.05, 0.1) is 0 Å². The molecule has 1 aliphatic rings. The Bertz CT molecular complexity index is 163. The van der Waals surface area contributed by atoms with Crippen molar-refractivity contribution in [1.82, 2.24) is 0 Å². The van der Waals surface area contributed by atoms with Crippen LogP contribution in [0.5, 0.6) is 0 Å². The van der Waals surface area contributed by atoms with Crippen LogP contribution in [0.4, 0.5) is 0 Å². The fourth-order valence-corrected chi connectivity index (χ4v) is 2.06. The van der Waals surface area contributed by atoms with Crippen molar-refractivity contribution in [3.8, 4) is 0 Å². The molecule has 0 aromatic heterocycles. The highest BCUT2D eigenvalue weighted by Crippen LogP contribution is 2.39. The van der Waals surface area contributed by atoms with E-state index in [0.29, 0.717) is 11.8 Å². The summed E-state index contributed by atoms with van der Waals surface area (Å²) in [5, 5.41) is 8.56. The fourth-order valence-electron chi connectivity index (χ4n) is 2.06. The fraction of sp³-hybridized carbons (Fsp3) is 0.923. The summed E-state index contributed by atoms with van der Waals surface area (Å²) in [6, 6.07) is 0. The van der Waals surface area contributed by atoms with Crippen LogP contribution in [-0.2, 0) is 4.79 Å². The molecule has 0 atom stereocenters. The second-order valence-electron chi connectivity index (χ2n) is 4.27. The first-order chi connectivity index (χ1) is 7.62. The molecule has 16 heavy (non-hydrogen) atoms. The zero-order valence-corrected chi connectivity index (χ0v) is 11.4. The molecule has 0 aromatic rings. The standard InChI is InChI=1S/C10H18O2.C2H6.CH5N/c1-10(8-5-9(11)12)6-3-2-4-7-10;2*1-2/h2-8H2,1H3,(H,11,12);1-2H3;2H2,1H3. The monoisotopic (exact) mass is 231 g/mol. The minimum atomic E-state index is -0.651. The van der Waals surface area contributed by atoms with Gasteiger partial charge >= 0.3 is 5.97 Å². The average Bonchev–Trinajstić information content (AvgIpc) is 2.33. The van der Waals surface area contributed by atoms with E-state index in [4.69, 9.17) is 5.11 Å². The first-order valence-corrected chi connectivity index (χ1v) is 6.42. The molecular formula is C13H29NO2. The number of hydrogen-bond acceptors (Lipinski definition) is 2. The van der Waals surface area contributed by atoms with Crippen molar-refractivity contribution >= 4 is 5.97 Å². The van der Waals surface area contributed by atoms with Gasteiger partial charge in [-0.1, -0.05) is 40.0 Å². The molecule has 0 saturated heterocycles. The molecule has 0 spiro atoms. The second kappa shape index (κ2) is 10.9. The van der Waals surface area contributed by atoms with Crippen molar-refractivity contribution in [1.29, 1.82) is 0 Å². The van der Waals surface area contributed by atoms with Gasteiger partial charge in [0.1, 0.15) is 0 Å². The van der Waals surface area contributed by atoms with Crippen molar-refractivity contribution in [3.63, 3.8) is 0 Å². The number of carboxylic acid groups (broad SMARTS) is 1. The number of carboxylic acids is 1. The molecule has 0 radical (unpaired) electrons. The van der Waals surface area contributed by atoms with Gasteiger partial charge in [-0.05, 0) is 31.7 Å². The zero-order valence-electron chi connectivity index (χ0n) is 11.4. The number of nitrogens with two attached hydrogens (primary N) is 1. The molecule has 3 N–H and O–H groups in total. The molecule has 0 bridgehead atoms. The Hall–Kier alpha value is -0.570. The van der Waals surface area contributed by atoms with Crippen LogP contribution in [0.25, 0.3) is 0 Å². The van der Waals surface area contributed by atoms with Crippen LogP contribution in [0.3, 0.4) is 0 Å². The Labute approximate surface area is 100 Å². The Balaban J connectivity index is 0. The lowest BCUT2D eigenvalue weighted by Crippen LogP contribution is -2.21. The predicted molar refractivity (Wildman–Crippen MR) is 69.5 cm³/mol. The lowest BCUT2D eigenvalue weighted by molar-refractivity contribution is -0.137. The van der Waals surface area contributed by atoms with Crippen LogP contribution in [0.15, 0.2) is 0 Å². The number of hydrogen-bond donors (Lipinski definition) is 2. The lowest BCUT2D eigenvalue weighted by Gasteiger charge is -2.33. The third kappa shape index (κ3) is 8.72. The molecule has 3 nitrogen and oxygen atoms in total. The van der Waals surface area contributed by atoms with Crippen LogP contribution >= 0.6 is 0 Å². The second-order valence-corrected chi connectivity index (χ2v) is 4.27. The normalized spacial score (nSPS) is 17.3. The van der Waals surface area contributed by atoms with Crippen LogP contribution in [-0.4, -0.2) is 18.1 Å². The highest BCUT2D eigenvalue weighted by molar-refractivity contribution is 5.66. The Morgan fingerprint density at radius 3 is 2.00 bits per heavy atom. The predicted octanol–water partition coefficient (Wildman–Crippen LogP) is 3.42. The molecule has 0 amide bonds. The number of aliphatic carboxylic acids is 1. The molecule has 3 heteroatoms. The van der Waals surface area contributed by atoms with E-state index in [-0.39, 0.29) is 0 Å². The van der Waals surface area contributed by atoms with Gasteiger partial charge in [0.15, 0.2) is 0 Å².